The topological polar surface area (TPSA) is 91.9 Å². The molecule has 3 aromatic rings. The number of ether oxygens (including phenoxy) is 2. The number of hydrogen-bond acceptors (Lipinski definition) is 6. The number of rotatable bonds is 6. The number of benzene rings is 3. The predicted octanol–water partition coefficient (Wildman–Crippen LogP) is 6.41. The van der Waals surface area contributed by atoms with Crippen LogP contribution in [0.3, 0.4) is 0 Å². The molecule has 0 radical (unpaired) electrons. The Bertz CT molecular complexity index is 1440. The SMILES string of the molecule is Cc1c(CNC(=O)OCC2c3ccccc3-c3ccccc32)c(C)c(N2CCNCC2)c(C)c1NC(=O)OC(C)(C)C. The van der Waals surface area contributed by atoms with Crippen molar-refractivity contribution in [2.45, 2.75) is 59.6 Å². The zero-order valence-corrected chi connectivity index (χ0v) is 25.5. The van der Waals surface area contributed by atoms with E-state index in [1.54, 1.807) is 0 Å². The Morgan fingerprint density at radius 3 is 2.07 bits per heavy atom. The Kier molecular flexibility index (Phi) is 8.45. The lowest BCUT2D eigenvalue weighted by Gasteiger charge is -2.34. The van der Waals surface area contributed by atoms with Crippen molar-refractivity contribution in [2.75, 3.05) is 43.0 Å². The summed E-state index contributed by atoms with van der Waals surface area (Å²) in [6, 6.07) is 16.6. The van der Waals surface area contributed by atoms with Gasteiger partial charge in [-0.3, -0.25) is 5.32 Å². The Morgan fingerprint density at radius 1 is 0.881 bits per heavy atom. The van der Waals surface area contributed by atoms with Gasteiger partial charge in [0.05, 0.1) is 5.69 Å². The molecule has 3 aromatic carbocycles. The van der Waals surface area contributed by atoms with Crippen LogP contribution in [-0.4, -0.2) is 50.6 Å². The van der Waals surface area contributed by atoms with E-state index in [4.69, 9.17) is 9.47 Å². The molecule has 2 amide bonds. The summed E-state index contributed by atoms with van der Waals surface area (Å²) >= 11 is 0. The second-order valence-electron chi connectivity index (χ2n) is 12.1. The Balaban J connectivity index is 1.35. The summed E-state index contributed by atoms with van der Waals surface area (Å²) in [7, 11) is 0. The average Bonchev–Trinajstić information content (AvgIpc) is 3.27. The van der Waals surface area contributed by atoms with Crippen LogP contribution < -0.4 is 20.9 Å². The minimum Gasteiger partial charge on any atom is -0.449 e. The van der Waals surface area contributed by atoms with Crippen molar-refractivity contribution >= 4 is 23.6 Å². The highest BCUT2D eigenvalue weighted by atomic mass is 16.6. The van der Waals surface area contributed by atoms with Crippen LogP contribution >= 0.6 is 0 Å². The number of amides is 2. The van der Waals surface area contributed by atoms with Gasteiger partial charge in [0.25, 0.3) is 0 Å². The Hall–Kier alpha value is -4.04. The second kappa shape index (κ2) is 12.1. The number of fused-ring (bicyclic) bond motifs is 3. The summed E-state index contributed by atoms with van der Waals surface area (Å²) < 4.78 is 11.4. The molecule has 0 saturated carbocycles. The maximum atomic E-state index is 13.1. The van der Waals surface area contributed by atoms with Gasteiger partial charge in [-0.25, -0.2) is 9.59 Å². The number of anilines is 2. The lowest BCUT2D eigenvalue weighted by atomic mass is 9.93. The third kappa shape index (κ3) is 6.09. The molecule has 1 aliphatic carbocycles. The summed E-state index contributed by atoms with van der Waals surface area (Å²) in [5.74, 6) is -0.00468. The summed E-state index contributed by atoms with van der Waals surface area (Å²) in [4.78, 5) is 28.2. The highest BCUT2D eigenvalue weighted by molar-refractivity contribution is 5.90. The van der Waals surface area contributed by atoms with Crippen molar-refractivity contribution in [3.8, 4) is 11.1 Å². The first-order chi connectivity index (χ1) is 20.0. The number of hydrogen-bond donors (Lipinski definition) is 3. The third-order valence-corrected chi connectivity index (χ3v) is 8.18. The molecule has 0 spiro atoms. The van der Waals surface area contributed by atoms with Crippen molar-refractivity contribution in [3.05, 3.63) is 81.9 Å². The van der Waals surface area contributed by atoms with E-state index in [9.17, 15) is 9.59 Å². The van der Waals surface area contributed by atoms with Crippen molar-refractivity contribution in [1.29, 1.82) is 0 Å². The fourth-order valence-electron chi connectivity index (χ4n) is 6.29. The smallest absolute Gasteiger partial charge is 0.412 e. The van der Waals surface area contributed by atoms with Crippen LogP contribution in [0.4, 0.5) is 21.0 Å². The lowest BCUT2D eigenvalue weighted by molar-refractivity contribution is 0.0635. The molecule has 42 heavy (non-hydrogen) atoms. The van der Waals surface area contributed by atoms with E-state index >= 15 is 0 Å². The first-order valence-electron chi connectivity index (χ1n) is 14.7. The molecule has 222 valence electrons. The number of nitrogens with zero attached hydrogens (tertiary/aromatic N) is 1. The van der Waals surface area contributed by atoms with E-state index in [0.29, 0.717) is 5.69 Å². The minimum absolute atomic E-state index is 0.00468. The molecule has 2 aliphatic rings. The van der Waals surface area contributed by atoms with Gasteiger partial charge >= 0.3 is 12.2 Å². The minimum atomic E-state index is -0.619. The molecule has 1 saturated heterocycles. The standard InChI is InChI=1S/C34H42N4O4/c1-21-28(19-36-32(39)41-20-29-26-13-9-7-11-24(26)25-12-8-10-14-27(25)29)22(2)31(38-17-15-35-16-18-38)23(3)30(21)37-33(40)42-34(4,5)6/h7-14,29,35H,15-20H2,1-6H3,(H,36,39)(H,37,40). The Morgan fingerprint density at radius 2 is 1.48 bits per heavy atom. The molecule has 8 heteroatoms. The molecule has 3 N–H and O–H groups in total. The normalized spacial score (nSPS) is 14.7. The van der Waals surface area contributed by atoms with Gasteiger partial charge in [-0.05, 0) is 86.1 Å². The third-order valence-electron chi connectivity index (χ3n) is 8.18. The maximum Gasteiger partial charge on any atom is 0.412 e. The van der Waals surface area contributed by atoms with E-state index < -0.39 is 17.8 Å². The highest BCUT2D eigenvalue weighted by Gasteiger charge is 2.29. The molecule has 1 fully saturated rings. The summed E-state index contributed by atoms with van der Waals surface area (Å²) in [6.45, 7) is 15.6. The first kappa shape index (κ1) is 29.5. The molecule has 0 atom stereocenters. The predicted molar refractivity (Wildman–Crippen MR) is 168 cm³/mol. The fraction of sp³-hybridized carbons (Fsp3) is 0.412. The first-order valence-corrected chi connectivity index (χ1v) is 14.7. The molecule has 5 rings (SSSR count). The van der Waals surface area contributed by atoms with Crippen LogP contribution in [-0.2, 0) is 16.0 Å². The number of carbonyl (C=O) groups is 2. The van der Waals surface area contributed by atoms with E-state index in [0.717, 1.165) is 54.1 Å². The largest absolute Gasteiger partial charge is 0.449 e. The molecule has 0 bridgehead atoms. The number of carbonyl (C=O) groups excluding carboxylic acids is 2. The molecule has 0 unspecified atom stereocenters. The molecule has 8 nitrogen and oxygen atoms in total. The zero-order valence-electron chi connectivity index (χ0n) is 25.5. The van der Waals surface area contributed by atoms with Crippen LogP contribution in [0.2, 0.25) is 0 Å². The Labute approximate surface area is 248 Å². The fourth-order valence-corrected chi connectivity index (χ4v) is 6.29. The van der Waals surface area contributed by atoms with Gasteiger partial charge in [0.1, 0.15) is 12.2 Å². The molecular weight excluding hydrogens is 528 g/mol. The van der Waals surface area contributed by atoms with E-state index in [1.165, 1.54) is 22.3 Å². The molecular formula is C34H42N4O4. The zero-order chi connectivity index (χ0) is 30.0. The summed E-state index contributed by atoms with van der Waals surface area (Å²) in [6.07, 6.45) is -0.971. The van der Waals surface area contributed by atoms with E-state index in [1.807, 2.05) is 58.9 Å². The number of nitrogens with one attached hydrogen (secondary N) is 3. The van der Waals surface area contributed by atoms with Gasteiger partial charge in [0, 0.05) is 44.3 Å². The summed E-state index contributed by atoms with van der Waals surface area (Å²) in [5.41, 5.74) is 9.84. The lowest BCUT2D eigenvalue weighted by Crippen LogP contribution is -2.44. The van der Waals surface area contributed by atoms with Crippen LogP contribution in [0.25, 0.3) is 11.1 Å². The maximum absolute atomic E-state index is 13.1. The van der Waals surface area contributed by atoms with Gasteiger partial charge in [-0.2, -0.15) is 0 Å². The van der Waals surface area contributed by atoms with Crippen molar-refractivity contribution in [2.24, 2.45) is 0 Å². The van der Waals surface area contributed by atoms with Crippen molar-refractivity contribution in [1.82, 2.24) is 10.6 Å². The second-order valence-corrected chi connectivity index (χ2v) is 12.1. The average molecular weight is 571 g/mol. The van der Waals surface area contributed by atoms with E-state index in [2.05, 4.69) is 52.0 Å². The van der Waals surface area contributed by atoms with Crippen molar-refractivity contribution in [3.63, 3.8) is 0 Å². The van der Waals surface area contributed by atoms with Gasteiger partial charge in [0.15, 0.2) is 0 Å². The van der Waals surface area contributed by atoms with Gasteiger partial charge in [-0.1, -0.05) is 48.5 Å². The molecule has 1 heterocycles. The number of alkyl carbamates (subject to hydrolysis) is 1. The van der Waals surface area contributed by atoms with Crippen LogP contribution in [0.1, 0.15) is 60.1 Å². The highest BCUT2D eigenvalue weighted by Crippen LogP contribution is 2.44. The summed E-state index contributed by atoms with van der Waals surface area (Å²) in [5, 5.41) is 9.40. The quantitative estimate of drug-likeness (QED) is 0.317. The van der Waals surface area contributed by atoms with Crippen LogP contribution in [0, 0.1) is 20.8 Å². The molecule has 0 aromatic heterocycles. The number of piperazine rings is 1. The van der Waals surface area contributed by atoms with Gasteiger partial charge < -0.3 is 25.0 Å². The van der Waals surface area contributed by atoms with E-state index in [-0.39, 0.29) is 19.1 Å². The van der Waals surface area contributed by atoms with Crippen LogP contribution in [0.15, 0.2) is 48.5 Å². The molecule has 1 aliphatic heterocycles. The van der Waals surface area contributed by atoms with Gasteiger partial charge in [0.2, 0.25) is 0 Å². The van der Waals surface area contributed by atoms with Gasteiger partial charge in [-0.15, -0.1) is 0 Å². The van der Waals surface area contributed by atoms with Crippen LogP contribution in [0.5, 0.6) is 0 Å². The van der Waals surface area contributed by atoms with Crippen molar-refractivity contribution < 1.29 is 19.1 Å². The monoisotopic (exact) mass is 570 g/mol.